The standard InChI is InChI=1S/C19H32N4O4S/c1-14(24)23-11-4-5-18(21-28(3,25)26)19(23)13-27-16-8-6-15(7-9-16)17-10-12-22(2)20-17/h10,12,15-16,18-19,21H,4-9,11,13H2,1-3H3/t15-,16+,18-,19-/m0/s1. The molecule has 0 aromatic carbocycles. The van der Waals surface area contributed by atoms with Crippen molar-refractivity contribution in [2.24, 2.45) is 7.05 Å². The summed E-state index contributed by atoms with van der Waals surface area (Å²) in [4.78, 5) is 13.8. The number of aryl methyl sites for hydroxylation is 1. The molecule has 1 aromatic heterocycles. The number of ether oxygens (including phenoxy) is 1. The number of piperidine rings is 1. The molecule has 1 aromatic rings. The topological polar surface area (TPSA) is 93.5 Å². The summed E-state index contributed by atoms with van der Waals surface area (Å²) in [6.07, 6.45) is 8.78. The highest BCUT2D eigenvalue weighted by Crippen LogP contribution is 2.33. The van der Waals surface area contributed by atoms with Crippen LogP contribution in [0.5, 0.6) is 0 Å². The Bertz CT molecular complexity index is 771. The lowest BCUT2D eigenvalue weighted by Crippen LogP contribution is -2.58. The number of hydrogen-bond donors (Lipinski definition) is 1. The van der Waals surface area contributed by atoms with Crippen LogP contribution in [0.15, 0.2) is 12.3 Å². The largest absolute Gasteiger partial charge is 0.376 e. The number of rotatable bonds is 6. The van der Waals surface area contributed by atoms with E-state index >= 15 is 0 Å². The van der Waals surface area contributed by atoms with Crippen LogP contribution in [0, 0.1) is 0 Å². The fourth-order valence-corrected chi connectivity index (χ4v) is 5.30. The maximum absolute atomic E-state index is 12.1. The van der Waals surface area contributed by atoms with Crippen molar-refractivity contribution >= 4 is 15.9 Å². The Morgan fingerprint density at radius 2 is 2.00 bits per heavy atom. The van der Waals surface area contributed by atoms with E-state index in [9.17, 15) is 13.2 Å². The van der Waals surface area contributed by atoms with Gasteiger partial charge in [-0.1, -0.05) is 0 Å². The van der Waals surface area contributed by atoms with E-state index in [1.165, 1.54) is 6.92 Å². The van der Waals surface area contributed by atoms with E-state index in [0.29, 0.717) is 19.1 Å². The Hall–Kier alpha value is -1.45. The predicted molar refractivity (Wildman–Crippen MR) is 106 cm³/mol. The lowest BCUT2D eigenvalue weighted by atomic mass is 9.85. The molecule has 9 heteroatoms. The second-order valence-electron chi connectivity index (χ2n) is 8.14. The number of likely N-dealkylation sites (tertiary alicyclic amines) is 1. The van der Waals surface area contributed by atoms with Gasteiger partial charge in [0, 0.05) is 38.7 Å². The normalized spacial score (nSPS) is 29.0. The molecule has 28 heavy (non-hydrogen) atoms. The summed E-state index contributed by atoms with van der Waals surface area (Å²) in [7, 11) is -1.40. The average Bonchev–Trinajstić information content (AvgIpc) is 3.06. The molecule has 2 fully saturated rings. The number of sulfonamides is 1. The minimum atomic E-state index is -3.34. The summed E-state index contributed by atoms with van der Waals surface area (Å²) in [5.41, 5.74) is 1.15. The molecule has 1 aliphatic carbocycles. The number of nitrogens with zero attached hydrogens (tertiary/aromatic N) is 3. The Balaban J connectivity index is 1.56. The van der Waals surface area contributed by atoms with Gasteiger partial charge in [0.1, 0.15) is 0 Å². The van der Waals surface area contributed by atoms with Crippen LogP contribution in [-0.4, -0.2) is 66.6 Å². The van der Waals surface area contributed by atoms with Crippen LogP contribution >= 0.6 is 0 Å². The van der Waals surface area contributed by atoms with Crippen LogP contribution in [0.25, 0.3) is 0 Å². The molecule has 1 saturated heterocycles. The summed E-state index contributed by atoms with van der Waals surface area (Å²) in [5, 5.41) is 4.52. The van der Waals surface area contributed by atoms with E-state index in [1.54, 1.807) is 4.90 Å². The third kappa shape index (κ3) is 5.55. The number of carbonyl (C=O) groups is 1. The summed E-state index contributed by atoms with van der Waals surface area (Å²) in [6, 6.07) is 1.53. The fraction of sp³-hybridized carbons (Fsp3) is 0.789. The van der Waals surface area contributed by atoms with E-state index in [2.05, 4.69) is 15.9 Å². The number of nitrogens with one attached hydrogen (secondary N) is 1. The first kappa shape index (κ1) is 21.3. The van der Waals surface area contributed by atoms with Crippen LogP contribution in [-0.2, 0) is 26.6 Å². The zero-order chi connectivity index (χ0) is 20.3. The van der Waals surface area contributed by atoms with Gasteiger partial charge in [0.15, 0.2) is 0 Å². The van der Waals surface area contributed by atoms with Crippen molar-refractivity contribution in [3.63, 3.8) is 0 Å². The minimum Gasteiger partial charge on any atom is -0.376 e. The molecule has 158 valence electrons. The van der Waals surface area contributed by atoms with Gasteiger partial charge in [0.25, 0.3) is 0 Å². The number of amides is 1. The molecular formula is C19H32N4O4S. The molecule has 0 bridgehead atoms. The van der Waals surface area contributed by atoms with Gasteiger partial charge in [0.05, 0.1) is 30.7 Å². The lowest BCUT2D eigenvalue weighted by Gasteiger charge is -2.41. The molecule has 3 rings (SSSR count). The van der Waals surface area contributed by atoms with Crippen molar-refractivity contribution in [1.29, 1.82) is 0 Å². The fourth-order valence-electron chi connectivity index (χ4n) is 4.48. The number of aromatic nitrogens is 2. The Morgan fingerprint density at radius 1 is 1.29 bits per heavy atom. The zero-order valence-corrected chi connectivity index (χ0v) is 17.8. The SMILES string of the molecule is CC(=O)N1CCC[C@H](NS(C)(=O)=O)[C@@H]1CO[C@H]1CC[C@@H](c2ccn(C)n2)CC1. The Labute approximate surface area is 167 Å². The van der Waals surface area contributed by atoms with Crippen molar-refractivity contribution in [2.75, 3.05) is 19.4 Å². The first-order valence-electron chi connectivity index (χ1n) is 10.1. The van der Waals surface area contributed by atoms with Crippen molar-refractivity contribution < 1.29 is 17.9 Å². The highest BCUT2D eigenvalue weighted by Gasteiger charge is 2.35. The first-order valence-corrected chi connectivity index (χ1v) is 12.0. The molecule has 0 spiro atoms. The quantitative estimate of drug-likeness (QED) is 0.762. The molecule has 2 atom stereocenters. The van der Waals surface area contributed by atoms with E-state index in [4.69, 9.17) is 4.74 Å². The molecule has 2 heterocycles. The van der Waals surface area contributed by atoms with Crippen molar-refractivity contribution in [1.82, 2.24) is 19.4 Å². The van der Waals surface area contributed by atoms with E-state index in [0.717, 1.165) is 50.5 Å². The third-order valence-electron chi connectivity index (χ3n) is 5.88. The maximum atomic E-state index is 12.1. The monoisotopic (exact) mass is 412 g/mol. The summed E-state index contributed by atoms with van der Waals surface area (Å²) in [6.45, 7) is 2.55. The van der Waals surface area contributed by atoms with E-state index in [-0.39, 0.29) is 24.1 Å². The second-order valence-corrected chi connectivity index (χ2v) is 9.92. The molecule has 0 unspecified atom stereocenters. The van der Waals surface area contributed by atoms with E-state index in [1.807, 2.05) is 17.9 Å². The summed E-state index contributed by atoms with van der Waals surface area (Å²) >= 11 is 0. The van der Waals surface area contributed by atoms with Crippen LogP contribution in [0.2, 0.25) is 0 Å². The number of carbonyl (C=O) groups excluding carboxylic acids is 1. The smallest absolute Gasteiger partial charge is 0.219 e. The summed E-state index contributed by atoms with van der Waals surface area (Å²) < 4.78 is 34.2. The molecule has 0 radical (unpaired) electrons. The van der Waals surface area contributed by atoms with E-state index < -0.39 is 10.0 Å². The highest BCUT2D eigenvalue weighted by atomic mass is 32.2. The first-order chi connectivity index (χ1) is 13.2. The molecule has 2 aliphatic rings. The van der Waals surface area contributed by atoms with Gasteiger partial charge in [0.2, 0.25) is 15.9 Å². The van der Waals surface area contributed by atoms with Crippen molar-refractivity contribution in [3.8, 4) is 0 Å². The minimum absolute atomic E-state index is 0.0348. The molecule has 1 N–H and O–H groups in total. The zero-order valence-electron chi connectivity index (χ0n) is 17.0. The van der Waals surface area contributed by atoms with Crippen molar-refractivity contribution in [2.45, 2.75) is 69.6 Å². The van der Waals surface area contributed by atoms with Crippen LogP contribution in [0.4, 0.5) is 0 Å². The van der Waals surface area contributed by atoms with Gasteiger partial charge in [-0.15, -0.1) is 0 Å². The Morgan fingerprint density at radius 3 is 2.57 bits per heavy atom. The number of hydrogen-bond acceptors (Lipinski definition) is 5. The van der Waals surface area contributed by atoms with Crippen LogP contribution in [0.1, 0.15) is 57.1 Å². The lowest BCUT2D eigenvalue weighted by molar-refractivity contribution is -0.136. The van der Waals surface area contributed by atoms with Crippen molar-refractivity contribution in [3.05, 3.63) is 18.0 Å². The molecule has 8 nitrogen and oxygen atoms in total. The predicted octanol–water partition coefficient (Wildman–Crippen LogP) is 1.39. The van der Waals surface area contributed by atoms with Gasteiger partial charge < -0.3 is 9.64 Å². The van der Waals surface area contributed by atoms with Gasteiger partial charge in [-0.2, -0.15) is 5.10 Å². The van der Waals surface area contributed by atoms with Gasteiger partial charge >= 0.3 is 0 Å². The average molecular weight is 413 g/mol. The summed E-state index contributed by atoms with van der Waals surface area (Å²) in [5.74, 6) is 0.441. The molecule has 1 saturated carbocycles. The van der Waals surface area contributed by atoms with Gasteiger partial charge in [-0.25, -0.2) is 13.1 Å². The Kier molecular flexibility index (Phi) is 6.77. The van der Waals surface area contributed by atoms with Crippen LogP contribution < -0.4 is 4.72 Å². The van der Waals surface area contributed by atoms with Gasteiger partial charge in [-0.05, 0) is 44.6 Å². The molecule has 1 amide bonds. The molecular weight excluding hydrogens is 380 g/mol. The molecule has 1 aliphatic heterocycles. The van der Waals surface area contributed by atoms with Crippen LogP contribution in [0.3, 0.4) is 0 Å². The second kappa shape index (κ2) is 8.92. The third-order valence-corrected chi connectivity index (χ3v) is 6.61. The highest BCUT2D eigenvalue weighted by molar-refractivity contribution is 7.88. The maximum Gasteiger partial charge on any atom is 0.219 e. The van der Waals surface area contributed by atoms with Gasteiger partial charge in [-0.3, -0.25) is 9.48 Å².